The molecule has 5 nitrogen and oxygen atoms in total. The lowest BCUT2D eigenvalue weighted by atomic mass is 10.1. The molecule has 0 amide bonds. The fourth-order valence-corrected chi connectivity index (χ4v) is 4.15. The van der Waals surface area contributed by atoms with Crippen LogP contribution in [0.15, 0.2) is 53.7 Å². The monoisotopic (exact) mass is 396 g/mol. The van der Waals surface area contributed by atoms with E-state index in [4.69, 9.17) is 0 Å². The average Bonchev–Trinajstić information content (AvgIpc) is 3.08. The molecule has 0 aliphatic heterocycles. The van der Waals surface area contributed by atoms with Crippen LogP contribution >= 0.6 is 11.8 Å². The zero-order valence-corrected chi connectivity index (χ0v) is 16.7. The van der Waals surface area contributed by atoms with E-state index in [0.717, 1.165) is 24.1 Å². The number of hydrogen-bond donors (Lipinski definition) is 1. The number of carbonyl (C=O) groups is 2. The number of aromatic nitrogens is 2. The van der Waals surface area contributed by atoms with Crippen LogP contribution in [-0.2, 0) is 0 Å². The first-order chi connectivity index (χ1) is 13.6. The number of thioether (sulfide) groups is 1. The summed E-state index contributed by atoms with van der Waals surface area (Å²) in [6.45, 7) is 2.19. The van der Waals surface area contributed by atoms with Crippen molar-refractivity contribution in [1.29, 1.82) is 0 Å². The van der Waals surface area contributed by atoms with Gasteiger partial charge in [-0.15, -0.1) is 0 Å². The van der Waals surface area contributed by atoms with Crippen molar-refractivity contribution in [2.45, 2.75) is 44.2 Å². The van der Waals surface area contributed by atoms with E-state index in [1.165, 1.54) is 25.3 Å². The summed E-state index contributed by atoms with van der Waals surface area (Å²) < 4.78 is 1.55. The molecule has 1 aromatic heterocycles. The predicted octanol–water partition coefficient (Wildman–Crippen LogP) is 5.49. The fraction of sp³-hybridized carbons (Fsp3) is 0.318. The summed E-state index contributed by atoms with van der Waals surface area (Å²) in [5.74, 6) is -0.598. The van der Waals surface area contributed by atoms with Gasteiger partial charge in [-0.1, -0.05) is 68.6 Å². The Morgan fingerprint density at radius 1 is 0.964 bits per heavy atom. The lowest BCUT2D eigenvalue weighted by Gasteiger charge is -2.10. The summed E-state index contributed by atoms with van der Waals surface area (Å²) >= 11 is 1.55. The van der Waals surface area contributed by atoms with Crippen molar-refractivity contribution in [3.8, 4) is 0 Å². The lowest BCUT2D eigenvalue weighted by molar-refractivity contribution is 0.0691. The number of carboxylic acids is 1. The second-order valence-electron chi connectivity index (χ2n) is 6.64. The molecule has 2 aromatic carbocycles. The van der Waals surface area contributed by atoms with Crippen LogP contribution in [0.1, 0.15) is 59.7 Å². The van der Waals surface area contributed by atoms with Crippen molar-refractivity contribution in [3.63, 3.8) is 0 Å². The van der Waals surface area contributed by atoms with Crippen LogP contribution in [0.5, 0.6) is 0 Å². The zero-order valence-electron chi connectivity index (χ0n) is 15.9. The first kappa shape index (κ1) is 20.1. The number of para-hydroxylation sites is 2. The van der Waals surface area contributed by atoms with Gasteiger partial charge in [-0.3, -0.25) is 9.36 Å². The summed E-state index contributed by atoms with van der Waals surface area (Å²) in [4.78, 5) is 29.5. The van der Waals surface area contributed by atoms with Crippen molar-refractivity contribution in [2.24, 2.45) is 0 Å². The Balaban J connectivity index is 1.91. The second-order valence-corrected chi connectivity index (χ2v) is 7.70. The summed E-state index contributed by atoms with van der Waals surface area (Å²) in [6, 6.07) is 13.8. The number of unbranched alkanes of at least 4 members (excludes halogenated alkanes) is 4. The van der Waals surface area contributed by atoms with Gasteiger partial charge in [-0.25, -0.2) is 9.78 Å². The van der Waals surface area contributed by atoms with E-state index < -0.39 is 5.97 Å². The van der Waals surface area contributed by atoms with Crippen LogP contribution < -0.4 is 0 Å². The van der Waals surface area contributed by atoms with Crippen LogP contribution in [0.4, 0.5) is 0 Å². The number of benzene rings is 2. The molecule has 0 unspecified atom stereocenters. The minimum absolute atomic E-state index is 0.000738. The SMILES string of the molecule is CCCCCCCSc1nc2ccccc2n1C(=O)c1ccccc1C(=O)O. The summed E-state index contributed by atoms with van der Waals surface area (Å²) in [5, 5.41) is 10.1. The molecule has 0 saturated heterocycles. The molecule has 1 N–H and O–H groups in total. The van der Waals surface area contributed by atoms with Gasteiger partial charge >= 0.3 is 5.97 Å². The van der Waals surface area contributed by atoms with E-state index in [0.29, 0.717) is 10.7 Å². The van der Waals surface area contributed by atoms with Crippen LogP contribution in [0.25, 0.3) is 11.0 Å². The number of hydrogen-bond acceptors (Lipinski definition) is 4. The summed E-state index contributed by atoms with van der Waals surface area (Å²) in [6.07, 6.45) is 5.90. The van der Waals surface area contributed by atoms with Gasteiger partial charge in [0.05, 0.1) is 22.2 Å². The van der Waals surface area contributed by atoms with Gasteiger partial charge in [0.1, 0.15) is 0 Å². The maximum atomic E-state index is 13.3. The van der Waals surface area contributed by atoms with E-state index >= 15 is 0 Å². The molecule has 0 atom stereocenters. The molecular weight excluding hydrogens is 372 g/mol. The number of aromatic carboxylic acids is 1. The lowest BCUT2D eigenvalue weighted by Crippen LogP contribution is -2.17. The minimum atomic E-state index is -1.11. The Labute approximate surface area is 168 Å². The number of nitrogens with zero attached hydrogens (tertiary/aromatic N) is 2. The third kappa shape index (κ3) is 4.44. The Morgan fingerprint density at radius 3 is 2.39 bits per heavy atom. The first-order valence-electron chi connectivity index (χ1n) is 9.60. The van der Waals surface area contributed by atoms with E-state index in [-0.39, 0.29) is 17.0 Å². The predicted molar refractivity (Wildman–Crippen MR) is 112 cm³/mol. The molecule has 146 valence electrons. The third-order valence-corrected chi connectivity index (χ3v) is 5.62. The smallest absolute Gasteiger partial charge is 0.336 e. The number of carboxylic acid groups (broad SMARTS) is 1. The minimum Gasteiger partial charge on any atom is -0.478 e. The number of fused-ring (bicyclic) bond motifs is 1. The molecule has 0 saturated carbocycles. The molecule has 0 aliphatic carbocycles. The zero-order chi connectivity index (χ0) is 19.9. The van der Waals surface area contributed by atoms with E-state index in [2.05, 4.69) is 11.9 Å². The maximum Gasteiger partial charge on any atom is 0.336 e. The first-order valence-corrected chi connectivity index (χ1v) is 10.6. The molecule has 0 radical (unpaired) electrons. The van der Waals surface area contributed by atoms with E-state index in [9.17, 15) is 14.7 Å². The van der Waals surface area contributed by atoms with Gasteiger partial charge in [-0.2, -0.15) is 0 Å². The topological polar surface area (TPSA) is 72.2 Å². The molecule has 1 heterocycles. The van der Waals surface area contributed by atoms with Crippen LogP contribution in [0.2, 0.25) is 0 Å². The molecule has 28 heavy (non-hydrogen) atoms. The average molecular weight is 397 g/mol. The Morgan fingerprint density at radius 2 is 1.64 bits per heavy atom. The molecule has 3 aromatic rings. The molecule has 0 aliphatic rings. The van der Waals surface area contributed by atoms with Crippen molar-refractivity contribution < 1.29 is 14.7 Å². The number of carbonyl (C=O) groups excluding carboxylic acids is 1. The van der Waals surface area contributed by atoms with Crippen molar-refractivity contribution >= 4 is 34.7 Å². The van der Waals surface area contributed by atoms with Gasteiger partial charge in [0.2, 0.25) is 0 Å². The molecule has 0 spiro atoms. The third-order valence-electron chi connectivity index (χ3n) is 4.60. The highest BCUT2D eigenvalue weighted by molar-refractivity contribution is 7.99. The molecular formula is C22H24N2O3S. The van der Waals surface area contributed by atoms with Gasteiger partial charge in [0.15, 0.2) is 5.16 Å². The van der Waals surface area contributed by atoms with Crippen LogP contribution in [0, 0.1) is 0 Å². The second kappa shape index (κ2) is 9.55. The van der Waals surface area contributed by atoms with Crippen molar-refractivity contribution in [1.82, 2.24) is 9.55 Å². The van der Waals surface area contributed by atoms with Crippen LogP contribution in [0.3, 0.4) is 0 Å². The van der Waals surface area contributed by atoms with Gasteiger partial charge in [0.25, 0.3) is 5.91 Å². The summed E-state index contributed by atoms with van der Waals surface area (Å²) in [5.41, 5.74) is 1.60. The van der Waals surface area contributed by atoms with Crippen LogP contribution in [-0.4, -0.2) is 32.3 Å². The van der Waals surface area contributed by atoms with Gasteiger partial charge in [0, 0.05) is 5.75 Å². The number of imidazole rings is 1. The van der Waals surface area contributed by atoms with Crippen molar-refractivity contribution in [3.05, 3.63) is 59.7 Å². The number of rotatable bonds is 9. The highest BCUT2D eigenvalue weighted by Gasteiger charge is 2.22. The van der Waals surface area contributed by atoms with Gasteiger partial charge in [-0.05, 0) is 30.7 Å². The maximum absolute atomic E-state index is 13.3. The highest BCUT2D eigenvalue weighted by atomic mass is 32.2. The normalized spacial score (nSPS) is 11.0. The highest BCUT2D eigenvalue weighted by Crippen LogP contribution is 2.27. The molecule has 3 rings (SSSR count). The van der Waals surface area contributed by atoms with Gasteiger partial charge < -0.3 is 5.11 Å². The molecule has 6 heteroatoms. The fourth-order valence-electron chi connectivity index (χ4n) is 3.14. The Kier molecular flexibility index (Phi) is 6.87. The molecule has 0 bridgehead atoms. The Bertz CT molecular complexity index is 981. The molecule has 0 fully saturated rings. The quantitative estimate of drug-likeness (QED) is 0.383. The van der Waals surface area contributed by atoms with E-state index in [1.807, 2.05) is 24.3 Å². The van der Waals surface area contributed by atoms with Crippen molar-refractivity contribution in [2.75, 3.05) is 5.75 Å². The standard InChI is InChI=1S/C22H24N2O3S/c1-2-3-4-5-10-15-28-22-23-18-13-8-9-14-19(18)24(22)20(25)16-11-6-7-12-17(16)21(26)27/h6-9,11-14H,2-5,10,15H2,1H3,(H,26,27). The Hall–Kier alpha value is -2.60. The largest absolute Gasteiger partial charge is 0.478 e. The van der Waals surface area contributed by atoms with E-state index in [1.54, 1.807) is 34.5 Å². The summed E-state index contributed by atoms with van der Waals surface area (Å²) in [7, 11) is 0.